The highest BCUT2D eigenvalue weighted by Gasteiger charge is 2.04. The minimum atomic E-state index is -1.11. The van der Waals surface area contributed by atoms with Gasteiger partial charge in [0, 0.05) is 0 Å². The Kier molecular flexibility index (Phi) is 3.01. The Bertz CT molecular complexity index is 422. The summed E-state index contributed by atoms with van der Waals surface area (Å²) in [6.45, 7) is -1.11. The van der Waals surface area contributed by atoms with E-state index in [0.717, 1.165) is 0 Å². The summed E-state index contributed by atoms with van der Waals surface area (Å²) in [6.07, 6.45) is 0. The van der Waals surface area contributed by atoms with Crippen LogP contribution >= 0.6 is 0 Å². The van der Waals surface area contributed by atoms with E-state index >= 15 is 0 Å². The fourth-order valence-corrected chi connectivity index (χ4v) is 1.47. The average Bonchev–Trinajstić information content (AvgIpc) is 2.30. The Hall–Kier alpha value is -1.68. The van der Waals surface area contributed by atoms with Gasteiger partial charge in [-0.3, -0.25) is 0 Å². The van der Waals surface area contributed by atoms with Crippen LogP contribution in [0, 0.1) is 11.6 Å². The van der Waals surface area contributed by atoms with Gasteiger partial charge in [0.1, 0.15) is 11.6 Å². The minimum absolute atomic E-state index is 0.380. The Morgan fingerprint density at radius 1 is 0.688 bits per heavy atom. The molecule has 0 bridgehead atoms. The molecule has 0 saturated heterocycles. The van der Waals surface area contributed by atoms with Crippen molar-refractivity contribution in [2.24, 2.45) is 0 Å². The maximum Gasteiger partial charge on any atom is 0.123 e. The van der Waals surface area contributed by atoms with E-state index in [1.807, 2.05) is 0 Å². The van der Waals surface area contributed by atoms with E-state index in [9.17, 15) is 13.8 Å². The SMILES string of the molecule is [O-]B(c1ccc(F)cc1)c1ccc(F)cc1. The topological polar surface area (TPSA) is 23.1 Å². The maximum atomic E-state index is 12.7. The largest absolute Gasteiger partial charge is 0.872 e. The van der Waals surface area contributed by atoms with Gasteiger partial charge in [0.05, 0.1) is 6.92 Å². The molecule has 2 rings (SSSR count). The van der Waals surface area contributed by atoms with Crippen LogP contribution in [0.1, 0.15) is 0 Å². The van der Waals surface area contributed by atoms with E-state index in [2.05, 4.69) is 0 Å². The van der Waals surface area contributed by atoms with E-state index < -0.39 is 6.92 Å². The number of rotatable bonds is 2. The van der Waals surface area contributed by atoms with Crippen molar-refractivity contribution in [2.75, 3.05) is 0 Å². The van der Waals surface area contributed by atoms with Gasteiger partial charge >= 0.3 is 0 Å². The van der Waals surface area contributed by atoms with E-state index in [1.54, 1.807) is 0 Å². The fourth-order valence-electron chi connectivity index (χ4n) is 1.47. The number of halogens is 2. The van der Waals surface area contributed by atoms with Gasteiger partial charge in [0.2, 0.25) is 0 Å². The third-order valence-electron chi connectivity index (χ3n) is 2.35. The van der Waals surface area contributed by atoms with Crippen LogP contribution in [0.2, 0.25) is 0 Å². The van der Waals surface area contributed by atoms with Crippen LogP contribution in [0.5, 0.6) is 0 Å². The van der Waals surface area contributed by atoms with Crippen molar-refractivity contribution in [1.29, 1.82) is 0 Å². The Balaban J connectivity index is 2.28. The Morgan fingerprint density at radius 2 is 1.00 bits per heavy atom. The summed E-state index contributed by atoms with van der Waals surface area (Å²) in [4.78, 5) is 0. The van der Waals surface area contributed by atoms with E-state index in [0.29, 0.717) is 10.9 Å². The van der Waals surface area contributed by atoms with E-state index in [-0.39, 0.29) is 11.6 Å². The predicted octanol–water partition coefficient (Wildman–Crippen LogP) is 0.431. The van der Waals surface area contributed by atoms with Gasteiger partial charge in [0.15, 0.2) is 0 Å². The van der Waals surface area contributed by atoms with Crippen molar-refractivity contribution in [1.82, 2.24) is 0 Å². The molecule has 0 atom stereocenters. The molecule has 0 amide bonds. The quantitative estimate of drug-likeness (QED) is 0.669. The zero-order chi connectivity index (χ0) is 11.5. The summed E-state index contributed by atoms with van der Waals surface area (Å²) >= 11 is 0. The molecule has 0 unspecified atom stereocenters. The molecule has 0 radical (unpaired) electrons. The van der Waals surface area contributed by atoms with Crippen molar-refractivity contribution in [2.45, 2.75) is 0 Å². The zero-order valence-electron chi connectivity index (χ0n) is 8.36. The lowest BCUT2D eigenvalue weighted by molar-refractivity contribution is -0.185. The van der Waals surface area contributed by atoms with Crippen molar-refractivity contribution in [3.8, 4) is 0 Å². The molecule has 80 valence electrons. The molecule has 0 aliphatic rings. The third-order valence-corrected chi connectivity index (χ3v) is 2.35. The van der Waals surface area contributed by atoms with Crippen LogP contribution in [0.25, 0.3) is 0 Å². The summed E-state index contributed by atoms with van der Waals surface area (Å²) < 4.78 is 25.3. The number of hydrogen-bond donors (Lipinski definition) is 0. The first-order valence-corrected chi connectivity index (χ1v) is 4.83. The second-order valence-corrected chi connectivity index (χ2v) is 3.48. The molecule has 2 aromatic carbocycles. The lowest BCUT2D eigenvalue weighted by Crippen LogP contribution is -2.53. The van der Waals surface area contributed by atoms with Crippen LogP contribution in [0.4, 0.5) is 8.78 Å². The van der Waals surface area contributed by atoms with Crippen LogP contribution < -0.4 is 15.9 Å². The molecule has 16 heavy (non-hydrogen) atoms. The summed E-state index contributed by atoms with van der Waals surface area (Å²) in [6, 6.07) is 10.7. The van der Waals surface area contributed by atoms with Crippen molar-refractivity contribution >= 4 is 17.8 Å². The van der Waals surface area contributed by atoms with Crippen molar-refractivity contribution < 1.29 is 13.8 Å². The van der Waals surface area contributed by atoms with E-state index in [1.165, 1.54) is 48.5 Å². The lowest BCUT2D eigenvalue weighted by atomic mass is 9.56. The summed E-state index contributed by atoms with van der Waals surface area (Å²) in [7, 11) is 0. The van der Waals surface area contributed by atoms with Gasteiger partial charge in [-0.1, -0.05) is 35.2 Å². The molecule has 0 N–H and O–H groups in total. The second-order valence-electron chi connectivity index (χ2n) is 3.48. The first kappa shape index (κ1) is 10.8. The Labute approximate surface area is 92.5 Å². The molecule has 1 nitrogen and oxygen atoms in total. The molecular weight excluding hydrogens is 209 g/mol. The maximum absolute atomic E-state index is 12.7. The van der Waals surface area contributed by atoms with Crippen molar-refractivity contribution in [3.63, 3.8) is 0 Å². The van der Waals surface area contributed by atoms with Gasteiger partial charge in [-0.25, -0.2) is 8.78 Å². The second kappa shape index (κ2) is 4.45. The molecule has 0 heterocycles. The molecule has 4 heteroatoms. The molecule has 0 saturated carbocycles. The molecular formula is C12H8BF2O-. The number of benzene rings is 2. The van der Waals surface area contributed by atoms with Gasteiger partial charge in [-0.15, -0.1) is 0 Å². The predicted molar refractivity (Wildman–Crippen MR) is 57.8 cm³/mol. The standard InChI is InChI=1S/C12H8BF2O/c14-11-5-1-9(2-6-11)13(16)10-3-7-12(15)8-4-10/h1-8H/q-1. The molecule has 2 aromatic rings. The normalized spacial score (nSPS) is 10.2. The van der Waals surface area contributed by atoms with Crippen LogP contribution in [0.15, 0.2) is 48.5 Å². The summed E-state index contributed by atoms with van der Waals surface area (Å²) in [5.74, 6) is -0.759. The molecule has 0 aromatic heterocycles. The highest BCUT2D eigenvalue weighted by molar-refractivity contribution is 6.77. The monoisotopic (exact) mass is 217 g/mol. The lowest BCUT2D eigenvalue weighted by Gasteiger charge is -2.20. The Morgan fingerprint density at radius 3 is 1.31 bits per heavy atom. The highest BCUT2D eigenvalue weighted by Crippen LogP contribution is 1.96. The van der Waals surface area contributed by atoms with Crippen LogP contribution in [-0.4, -0.2) is 6.92 Å². The first-order valence-electron chi connectivity index (χ1n) is 4.83. The average molecular weight is 217 g/mol. The minimum Gasteiger partial charge on any atom is -0.872 e. The first-order chi connectivity index (χ1) is 7.66. The highest BCUT2D eigenvalue weighted by atomic mass is 19.1. The molecule has 0 aliphatic heterocycles. The third kappa shape index (κ3) is 2.28. The van der Waals surface area contributed by atoms with E-state index in [4.69, 9.17) is 0 Å². The van der Waals surface area contributed by atoms with Crippen LogP contribution in [-0.2, 0) is 0 Å². The molecule has 0 aliphatic carbocycles. The zero-order valence-corrected chi connectivity index (χ0v) is 8.36. The number of hydrogen-bond acceptors (Lipinski definition) is 1. The molecule has 0 fully saturated rings. The van der Waals surface area contributed by atoms with Crippen molar-refractivity contribution in [3.05, 3.63) is 60.2 Å². The summed E-state index contributed by atoms with van der Waals surface area (Å²) in [5.41, 5.74) is 0.931. The van der Waals surface area contributed by atoms with Gasteiger partial charge in [-0.2, -0.15) is 0 Å². The summed E-state index contributed by atoms with van der Waals surface area (Å²) in [5, 5.41) is 11.9. The van der Waals surface area contributed by atoms with Gasteiger partial charge in [-0.05, 0) is 24.3 Å². The fraction of sp³-hybridized carbons (Fsp3) is 0. The van der Waals surface area contributed by atoms with Gasteiger partial charge in [0.25, 0.3) is 0 Å². The molecule has 0 spiro atoms. The van der Waals surface area contributed by atoms with Gasteiger partial charge < -0.3 is 5.02 Å². The van der Waals surface area contributed by atoms with Crippen LogP contribution in [0.3, 0.4) is 0 Å². The smallest absolute Gasteiger partial charge is 0.123 e.